The number of carbonyl (C=O) groups excluding carboxylic acids is 1. The maximum absolute atomic E-state index is 11.3. The molecule has 16 heavy (non-hydrogen) atoms. The maximum atomic E-state index is 11.3. The van der Waals surface area contributed by atoms with Crippen LogP contribution in [0.2, 0.25) is 0 Å². The van der Waals surface area contributed by atoms with Crippen LogP contribution in [-0.4, -0.2) is 36.3 Å². The zero-order valence-electron chi connectivity index (χ0n) is 8.97. The molecule has 0 atom stereocenters. The summed E-state index contributed by atoms with van der Waals surface area (Å²) in [5.41, 5.74) is 2.00. The van der Waals surface area contributed by atoms with E-state index in [9.17, 15) is 4.79 Å². The summed E-state index contributed by atoms with van der Waals surface area (Å²) in [5.74, 6) is -0.470. The van der Waals surface area contributed by atoms with Crippen molar-refractivity contribution in [1.82, 2.24) is 9.97 Å². The normalized spacial score (nSPS) is 15.4. The Labute approximate surface area is 93.1 Å². The van der Waals surface area contributed by atoms with Crippen LogP contribution in [0.15, 0.2) is 18.5 Å². The van der Waals surface area contributed by atoms with Gasteiger partial charge in [-0.25, -0.2) is 9.78 Å². The predicted molar refractivity (Wildman–Crippen MR) is 56.8 cm³/mol. The molecule has 0 saturated carbocycles. The van der Waals surface area contributed by atoms with Gasteiger partial charge in [-0.2, -0.15) is 0 Å². The number of hydrogen-bond donors (Lipinski definition) is 0. The molecule has 84 valence electrons. The highest BCUT2D eigenvalue weighted by atomic mass is 16.5. The molecule has 0 radical (unpaired) electrons. The van der Waals surface area contributed by atoms with Gasteiger partial charge in [0.25, 0.3) is 0 Å². The van der Waals surface area contributed by atoms with Crippen molar-refractivity contribution in [3.63, 3.8) is 0 Å². The van der Waals surface area contributed by atoms with E-state index in [1.54, 1.807) is 6.20 Å². The van der Waals surface area contributed by atoms with E-state index in [2.05, 4.69) is 14.7 Å². The molecule has 0 N–H and O–H groups in total. The van der Waals surface area contributed by atoms with E-state index in [1.165, 1.54) is 13.3 Å². The number of hydrogen-bond acceptors (Lipinski definition) is 5. The zero-order chi connectivity index (χ0) is 11.4. The van der Waals surface area contributed by atoms with Crippen LogP contribution in [0, 0.1) is 0 Å². The summed E-state index contributed by atoms with van der Waals surface area (Å²) in [4.78, 5) is 19.5. The molecule has 0 saturated heterocycles. The largest absolute Gasteiger partial charge is 0.464 e. The lowest BCUT2D eigenvalue weighted by molar-refractivity contribution is 0.0593. The van der Waals surface area contributed by atoms with Crippen LogP contribution in [0.3, 0.4) is 0 Å². The molecular weight excluding hydrogens is 208 g/mol. The van der Waals surface area contributed by atoms with E-state index in [4.69, 9.17) is 4.74 Å². The summed E-state index contributed by atoms with van der Waals surface area (Å²) >= 11 is 0. The molecule has 0 aliphatic carbocycles. The van der Waals surface area contributed by atoms with Crippen LogP contribution < -0.4 is 0 Å². The third-order valence-corrected chi connectivity index (χ3v) is 2.32. The van der Waals surface area contributed by atoms with Crippen molar-refractivity contribution >= 4 is 11.5 Å². The lowest BCUT2D eigenvalue weighted by Gasteiger charge is -2.12. The monoisotopic (exact) mass is 220 g/mol. The highest BCUT2D eigenvalue weighted by Crippen LogP contribution is 2.18. The quantitative estimate of drug-likeness (QED) is 0.697. The topological polar surface area (TPSA) is 61.3 Å². The van der Waals surface area contributed by atoms with E-state index < -0.39 is 5.97 Å². The molecule has 1 aliphatic rings. The van der Waals surface area contributed by atoms with Crippen molar-refractivity contribution in [2.75, 3.05) is 20.3 Å². The average Bonchev–Trinajstić information content (AvgIpc) is 2.39. The molecule has 0 fully saturated rings. The molecule has 1 aliphatic heterocycles. The summed E-state index contributed by atoms with van der Waals surface area (Å²) in [7, 11) is 1.32. The Balaban J connectivity index is 2.28. The van der Waals surface area contributed by atoms with Crippen LogP contribution in [0.5, 0.6) is 0 Å². The van der Waals surface area contributed by atoms with Crippen LogP contribution in [-0.2, 0) is 9.47 Å². The van der Waals surface area contributed by atoms with Gasteiger partial charge in [0.2, 0.25) is 0 Å². The molecule has 1 aromatic rings. The van der Waals surface area contributed by atoms with Crippen LogP contribution in [0.25, 0.3) is 5.57 Å². The lowest BCUT2D eigenvalue weighted by Crippen LogP contribution is -2.09. The summed E-state index contributed by atoms with van der Waals surface area (Å²) < 4.78 is 9.80. The second kappa shape index (κ2) is 4.85. The first-order chi connectivity index (χ1) is 7.81. The van der Waals surface area contributed by atoms with Gasteiger partial charge in [0.15, 0.2) is 5.69 Å². The van der Waals surface area contributed by atoms with E-state index in [-0.39, 0.29) is 5.69 Å². The van der Waals surface area contributed by atoms with Gasteiger partial charge in [-0.1, -0.05) is 6.08 Å². The van der Waals surface area contributed by atoms with Crippen molar-refractivity contribution in [1.29, 1.82) is 0 Å². The van der Waals surface area contributed by atoms with E-state index in [1.807, 2.05) is 6.08 Å². The van der Waals surface area contributed by atoms with Gasteiger partial charge < -0.3 is 9.47 Å². The van der Waals surface area contributed by atoms with Crippen molar-refractivity contribution in [3.05, 3.63) is 29.9 Å². The fourth-order valence-electron chi connectivity index (χ4n) is 1.48. The van der Waals surface area contributed by atoms with E-state index in [0.29, 0.717) is 18.9 Å². The molecule has 5 nitrogen and oxygen atoms in total. The second-order valence-electron chi connectivity index (χ2n) is 3.34. The van der Waals surface area contributed by atoms with Gasteiger partial charge in [-0.15, -0.1) is 0 Å². The van der Waals surface area contributed by atoms with Gasteiger partial charge >= 0.3 is 5.97 Å². The van der Waals surface area contributed by atoms with Gasteiger partial charge in [-0.05, 0) is 12.0 Å². The minimum absolute atomic E-state index is 0.229. The molecule has 2 heterocycles. The van der Waals surface area contributed by atoms with Crippen LogP contribution >= 0.6 is 0 Å². The SMILES string of the molecule is COC(=O)c1cncc(C2=CCOCC2)n1. The van der Waals surface area contributed by atoms with Gasteiger partial charge in [-0.3, -0.25) is 4.98 Å². The minimum atomic E-state index is -0.470. The Morgan fingerprint density at radius 2 is 2.38 bits per heavy atom. The average molecular weight is 220 g/mol. The van der Waals surface area contributed by atoms with Crippen molar-refractivity contribution in [2.24, 2.45) is 0 Å². The number of rotatable bonds is 2. The molecule has 5 heteroatoms. The maximum Gasteiger partial charge on any atom is 0.358 e. The lowest BCUT2D eigenvalue weighted by atomic mass is 10.1. The summed E-state index contributed by atoms with van der Waals surface area (Å²) in [6, 6.07) is 0. The Bertz CT molecular complexity index is 429. The molecule has 0 spiro atoms. The third-order valence-electron chi connectivity index (χ3n) is 2.32. The van der Waals surface area contributed by atoms with Gasteiger partial charge in [0.05, 0.1) is 38.4 Å². The standard InChI is InChI=1S/C11H12N2O3/c1-15-11(14)10-7-12-6-9(13-10)8-2-4-16-5-3-8/h2,6-7H,3-5H2,1H3. The molecule has 0 amide bonds. The number of aromatic nitrogens is 2. The van der Waals surface area contributed by atoms with Crippen molar-refractivity contribution in [2.45, 2.75) is 6.42 Å². The smallest absolute Gasteiger partial charge is 0.358 e. The van der Waals surface area contributed by atoms with Gasteiger partial charge in [0, 0.05) is 0 Å². The fraction of sp³-hybridized carbons (Fsp3) is 0.364. The minimum Gasteiger partial charge on any atom is -0.464 e. The first kappa shape index (κ1) is 10.8. The second-order valence-corrected chi connectivity index (χ2v) is 3.34. The molecule has 0 unspecified atom stereocenters. The first-order valence-electron chi connectivity index (χ1n) is 4.99. The summed E-state index contributed by atoms with van der Waals surface area (Å²) in [6.07, 6.45) is 5.78. The van der Waals surface area contributed by atoms with E-state index in [0.717, 1.165) is 12.0 Å². The number of esters is 1. The van der Waals surface area contributed by atoms with Crippen LogP contribution in [0.4, 0.5) is 0 Å². The van der Waals surface area contributed by atoms with Crippen LogP contribution in [0.1, 0.15) is 22.6 Å². The van der Waals surface area contributed by atoms with Crippen molar-refractivity contribution < 1.29 is 14.3 Å². The number of methoxy groups -OCH3 is 1. The van der Waals surface area contributed by atoms with E-state index >= 15 is 0 Å². The Hall–Kier alpha value is -1.75. The Kier molecular flexibility index (Phi) is 3.26. The molecule has 0 bridgehead atoms. The molecular formula is C11H12N2O3. The Morgan fingerprint density at radius 1 is 1.50 bits per heavy atom. The predicted octanol–water partition coefficient (Wildman–Crippen LogP) is 1.07. The zero-order valence-corrected chi connectivity index (χ0v) is 8.97. The van der Waals surface area contributed by atoms with Gasteiger partial charge in [0.1, 0.15) is 0 Å². The van der Waals surface area contributed by atoms with Crippen molar-refractivity contribution in [3.8, 4) is 0 Å². The number of carbonyl (C=O) groups is 1. The Morgan fingerprint density at radius 3 is 3.06 bits per heavy atom. The fourth-order valence-corrected chi connectivity index (χ4v) is 1.48. The third kappa shape index (κ3) is 2.25. The highest BCUT2D eigenvalue weighted by molar-refractivity contribution is 5.87. The first-order valence-corrected chi connectivity index (χ1v) is 4.99. The summed E-state index contributed by atoms with van der Waals surface area (Å²) in [5, 5.41) is 0. The summed E-state index contributed by atoms with van der Waals surface area (Å²) in [6.45, 7) is 1.26. The molecule has 1 aromatic heterocycles. The number of ether oxygens (including phenoxy) is 2. The highest BCUT2D eigenvalue weighted by Gasteiger charge is 2.12. The molecule has 2 rings (SSSR count). The number of nitrogens with zero attached hydrogens (tertiary/aromatic N) is 2. The molecule has 0 aromatic carbocycles.